The summed E-state index contributed by atoms with van der Waals surface area (Å²) in [5, 5.41) is 14.0. The quantitative estimate of drug-likeness (QED) is 0.536. The monoisotopic (exact) mass is 359 g/mol. The molecule has 0 amide bonds. The Labute approximate surface area is 146 Å². The van der Waals surface area contributed by atoms with E-state index < -0.39 is 10.0 Å². The van der Waals surface area contributed by atoms with Gasteiger partial charge >= 0.3 is 0 Å². The smallest absolute Gasteiger partial charge is 0.229 e. The minimum atomic E-state index is -3.32. The number of phenolic OH excluding ortho intramolecular Hbond substituents is 1. The number of hydrogen-bond acceptors (Lipinski definition) is 4. The zero-order chi connectivity index (χ0) is 18.4. The van der Waals surface area contributed by atoms with Gasteiger partial charge in [0.15, 0.2) is 0 Å². The lowest BCUT2D eigenvalue weighted by atomic mass is 10.0. The van der Waals surface area contributed by atoms with Crippen LogP contribution in [-0.4, -0.2) is 31.8 Å². The Hall–Kier alpha value is -2.67. The zero-order valence-electron chi connectivity index (χ0n) is 14.6. The lowest BCUT2D eigenvalue weighted by Gasteiger charge is -2.10. The van der Waals surface area contributed by atoms with Crippen LogP contribution >= 0.6 is 0 Å². The molecule has 0 saturated heterocycles. The van der Waals surface area contributed by atoms with Crippen molar-refractivity contribution in [2.45, 2.75) is 13.8 Å². The van der Waals surface area contributed by atoms with Crippen LogP contribution in [-0.2, 0) is 10.0 Å². The first-order valence-electron chi connectivity index (χ1n) is 7.81. The molecule has 4 N–H and O–H groups in total. The fourth-order valence-corrected chi connectivity index (χ4v) is 3.56. The molecule has 1 heterocycles. The van der Waals surface area contributed by atoms with Gasteiger partial charge in [0.05, 0.1) is 11.9 Å². The first-order valence-corrected chi connectivity index (χ1v) is 9.70. The normalized spacial score (nSPS) is 11.7. The fourth-order valence-electron chi connectivity index (χ4n) is 3.01. The predicted octanol–water partition coefficient (Wildman–Crippen LogP) is 3.57. The molecule has 25 heavy (non-hydrogen) atoms. The van der Waals surface area contributed by atoms with Crippen LogP contribution in [0.4, 0.5) is 11.4 Å². The highest BCUT2D eigenvalue weighted by molar-refractivity contribution is 7.92. The van der Waals surface area contributed by atoms with Gasteiger partial charge in [-0.3, -0.25) is 4.72 Å². The highest BCUT2D eigenvalue weighted by atomic mass is 32.2. The molecule has 0 unspecified atom stereocenters. The summed E-state index contributed by atoms with van der Waals surface area (Å²) in [4.78, 5) is 3.38. The summed E-state index contributed by atoms with van der Waals surface area (Å²) in [7, 11) is -1.56. The SMILES string of the molecule is CNc1cc(-c2[nH]c3ccc(NS(C)(=O)=O)cc3c2C)cc(C)c1O. The zero-order valence-corrected chi connectivity index (χ0v) is 15.4. The topological polar surface area (TPSA) is 94.2 Å². The molecule has 3 aromatic rings. The molecule has 2 aromatic carbocycles. The van der Waals surface area contributed by atoms with E-state index in [0.717, 1.165) is 39.5 Å². The van der Waals surface area contributed by atoms with Gasteiger partial charge in [0, 0.05) is 34.9 Å². The number of benzene rings is 2. The van der Waals surface area contributed by atoms with E-state index in [4.69, 9.17) is 0 Å². The summed E-state index contributed by atoms with van der Waals surface area (Å²) in [6, 6.07) is 9.20. The van der Waals surface area contributed by atoms with Gasteiger partial charge in [0.2, 0.25) is 10.0 Å². The first-order chi connectivity index (χ1) is 11.7. The van der Waals surface area contributed by atoms with Crippen molar-refractivity contribution in [3.05, 3.63) is 41.5 Å². The van der Waals surface area contributed by atoms with E-state index in [1.165, 1.54) is 0 Å². The molecule has 1 aromatic heterocycles. The lowest BCUT2D eigenvalue weighted by molar-refractivity contribution is 0.473. The standard InChI is InChI=1S/C18H21N3O3S/c1-10-7-12(8-16(19-3)18(10)22)17-11(2)14-9-13(21-25(4,23)24)5-6-15(14)20-17/h5-9,19-22H,1-4H3. The highest BCUT2D eigenvalue weighted by Crippen LogP contribution is 2.36. The van der Waals surface area contributed by atoms with E-state index in [-0.39, 0.29) is 5.75 Å². The van der Waals surface area contributed by atoms with Crippen molar-refractivity contribution in [1.29, 1.82) is 0 Å². The van der Waals surface area contributed by atoms with Gasteiger partial charge < -0.3 is 15.4 Å². The van der Waals surface area contributed by atoms with Crippen molar-refractivity contribution < 1.29 is 13.5 Å². The summed E-state index contributed by atoms with van der Waals surface area (Å²) in [6.45, 7) is 3.84. The molecule has 0 atom stereocenters. The van der Waals surface area contributed by atoms with Gasteiger partial charge in [0.25, 0.3) is 0 Å². The number of hydrogen-bond donors (Lipinski definition) is 4. The van der Waals surface area contributed by atoms with Gasteiger partial charge in [-0.2, -0.15) is 0 Å². The van der Waals surface area contributed by atoms with Crippen molar-refractivity contribution in [3.63, 3.8) is 0 Å². The van der Waals surface area contributed by atoms with E-state index in [1.807, 2.05) is 38.1 Å². The maximum absolute atomic E-state index is 11.4. The minimum Gasteiger partial charge on any atom is -0.506 e. The van der Waals surface area contributed by atoms with Gasteiger partial charge in [-0.15, -0.1) is 0 Å². The maximum Gasteiger partial charge on any atom is 0.229 e. The number of aromatic hydroxyl groups is 1. The first kappa shape index (κ1) is 17.2. The van der Waals surface area contributed by atoms with Crippen molar-refractivity contribution >= 4 is 32.3 Å². The number of fused-ring (bicyclic) bond motifs is 1. The molecular formula is C18H21N3O3S. The van der Waals surface area contributed by atoms with E-state index in [1.54, 1.807) is 13.1 Å². The molecule has 7 heteroatoms. The molecule has 0 aliphatic heterocycles. The lowest BCUT2D eigenvalue weighted by Crippen LogP contribution is -2.09. The van der Waals surface area contributed by atoms with Crippen molar-refractivity contribution in [2.75, 3.05) is 23.3 Å². The molecule has 3 rings (SSSR count). The second-order valence-electron chi connectivity index (χ2n) is 6.20. The van der Waals surface area contributed by atoms with Crippen molar-refractivity contribution in [1.82, 2.24) is 4.98 Å². The molecule has 0 fully saturated rings. The van der Waals surface area contributed by atoms with Gasteiger partial charge in [-0.05, 0) is 55.3 Å². The molecule has 0 radical (unpaired) electrons. The fraction of sp³-hybridized carbons (Fsp3) is 0.222. The molecular weight excluding hydrogens is 338 g/mol. The number of aromatic nitrogens is 1. The summed E-state index contributed by atoms with van der Waals surface area (Å²) < 4.78 is 25.4. The molecule has 0 aliphatic carbocycles. The van der Waals surface area contributed by atoms with Crippen molar-refractivity contribution in [3.8, 4) is 17.0 Å². The van der Waals surface area contributed by atoms with Crippen LogP contribution < -0.4 is 10.0 Å². The van der Waals surface area contributed by atoms with E-state index in [9.17, 15) is 13.5 Å². The van der Waals surface area contributed by atoms with Gasteiger partial charge in [-0.1, -0.05) is 0 Å². The Morgan fingerprint density at radius 2 is 1.84 bits per heavy atom. The summed E-state index contributed by atoms with van der Waals surface area (Å²) >= 11 is 0. The average Bonchev–Trinajstić information content (AvgIpc) is 2.85. The summed E-state index contributed by atoms with van der Waals surface area (Å²) in [5.41, 5.74) is 5.79. The number of sulfonamides is 1. The third-order valence-corrected chi connectivity index (χ3v) is 4.83. The number of nitrogens with one attached hydrogen (secondary N) is 3. The maximum atomic E-state index is 11.4. The summed E-state index contributed by atoms with van der Waals surface area (Å²) in [5.74, 6) is 0.236. The second-order valence-corrected chi connectivity index (χ2v) is 7.95. The second kappa shape index (κ2) is 6.00. The Bertz CT molecular complexity index is 1070. The Morgan fingerprint density at radius 1 is 1.12 bits per heavy atom. The van der Waals surface area contributed by atoms with Gasteiger partial charge in [0.1, 0.15) is 5.75 Å². The third-order valence-electron chi connectivity index (χ3n) is 4.22. The summed E-state index contributed by atoms with van der Waals surface area (Å²) in [6.07, 6.45) is 1.13. The molecule has 132 valence electrons. The number of aryl methyl sites for hydroxylation is 2. The largest absolute Gasteiger partial charge is 0.506 e. The van der Waals surface area contributed by atoms with Crippen LogP contribution in [0.2, 0.25) is 0 Å². The van der Waals surface area contributed by atoms with E-state index >= 15 is 0 Å². The van der Waals surface area contributed by atoms with Crippen LogP contribution in [0, 0.1) is 13.8 Å². The number of rotatable bonds is 4. The van der Waals surface area contributed by atoms with Crippen LogP contribution in [0.3, 0.4) is 0 Å². The van der Waals surface area contributed by atoms with E-state index in [2.05, 4.69) is 15.0 Å². The number of phenols is 1. The van der Waals surface area contributed by atoms with Crippen LogP contribution in [0.1, 0.15) is 11.1 Å². The average molecular weight is 359 g/mol. The molecule has 0 bridgehead atoms. The Balaban J connectivity index is 2.15. The molecule has 0 saturated carbocycles. The van der Waals surface area contributed by atoms with Crippen molar-refractivity contribution in [2.24, 2.45) is 0 Å². The molecule has 0 spiro atoms. The molecule has 0 aliphatic rings. The van der Waals surface area contributed by atoms with Crippen LogP contribution in [0.15, 0.2) is 30.3 Å². The minimum absolute atomic E-state index is 0.236. The number of anilines is 2. The van der Waals surface area contributed by atoms with Crippen LogP contribution in [0.25, 0.3) is 22.2 Å². The Morgan fingerprint density at radius 3 is 2.48 bits per heavy atom. The number of aromatic amines is 1. The Kier molecular flexibility index (Phi) is 4.12. The number of H-pyrrole nitrogens is 1. The van der Waals surface area contributed by atoms with Gasteiger partial charge in [-0.25, -0.2) is 8.42 Å². The predicted molar refractivity (Wildman–Crippen MR) is 103 cm³/mol. The van der Waals surface area contributed by atoms with Crippen LogP contribution in [0.5, 0.6) is 5.75 Å². The van der Waals surface area contributed by atoms with E-state index in [0.29, 0.717) is 11.4 Å². The molecule has 6 nitrogen and oxygen atoms in total. The third kappa shape index (κ3) is 3.28. The highest BCUT2D eigenvalue weighted by Gasteiger charge is 2.14.